The fraction of sp³-hybridized carbons (Fsp3) is 0.444. The zero-order valence-electron chi connectivity index (χ0n) is 14.7. The summed E-state index contributed by atoms with van der Waals surface area (Å²) in [6, 6.07) is 4.46. The smallest absolute Gasteiger partial charge is 0.227 e. The Balaban J connectivity index is 1.57. The van der Waals surface area contributed by atoms with Crippen molar-refractivity contribution in [1.82, 2.24) is 19.7 Å². The quantitative estimate of drug-likeness (QED) is 0.889. The van der Waals surface area contributed by atoms with Crippen LogP contribution in [0, 0.1) is 11.7 Å². The highest BCUT2D eigenvalue weighted by Crippen LogP contribution is 2.22. The highest BCUT2D eigenvalue weighted by Gasteiger charge is 2.27. The average molecular weight is 359 g/mol. The van der Waals surface area contributed by atoms with Gasteiger partial charge in [-0.2, -0.15) is 5.10 Å². The number of likely N-dealkylation sites (tertiary alicyclic amines) is 1. The van der Waals surface area contributed by atoms with Crippen LogP contribution in [0.3, 0.4) is 0 Å². The van der Waals surface area contributed by atoms with Crippen molar-refractivity contribution in [3.05, 3.63) is 36.7 Å². The number of hydrogen-bond acceptors (Lipinski definition) is 4. The van der Waals surface area contributed by atoms with Gasteiger partial charge in [0.25, 0.3) is 0 Å². The van der Waals surface area contributed by atoms with Gasteiger partial charge in [0.15, 0.2) is 5.82 Å². The highest BCUT2D eigenvalue weighted by atomic mass is 19.1. The molecule has 1 aromatic heterocycles. The summed E-state index contributed by atoms with van der Waals surface area (Å²) < 4.78 is 15.6. The molecule has 2 amide bonds. The summed E-state index contributed by atoms with van der Waals surface area (Å²) >= 11 is 0. The normalized spacial score (nSPS) is 15.1. The summed E-state index contributed by atoms with van der Waals surface area (Å²) in [7, 11) is 0. The number of hydrogen-bond donors (Lipinski definition) is 1. The first-order valence-corrected chi connectivity index (χ1v) is 8.81. The first kappa shape index (κ1) is 18.0. The van der Waals surface area contributed by atoms with Crippen LogP contribution in [0.2, 0.25) is 0 Å². The van der Waals surface area contributed by atoms with E-state index in [-0.39, 0.29) is 23.4 Å². The molecule has 0 radical (unpaired) electrons. The fourth-order valence-electron chi connectivity index (χ4n) is 3.11. The number of benzene rings is 1. The number of amides is 2. The SMILES string of the molecule is CCCC(=O)N1CCC(C(=O)Nc2ccc(-n3cncn3)c(F)c2)CC1. The molecule has 0 bridgehead atoms. The minimum atomic E-state index is -0.492. The number of nitrogens with zero attached hydrogens (tertiary/aromatic N) is 4. The van der Waals surface area contributed by atoms with Crippen LogP contribution in [0.1, 0.15) is 32.6 Å². The Kier molecular flexibility index (Phi) is 5.60. The molecule has 0 unspecified atom stereocenters. The number of carbonyl (C=O) groups excluding carboxylic acids is 2. The van der Waals surface area contributed by atoms with Crippen LogP contribution in [0.25, 0.3) is 5.69 Å². The van der Waals surface area contributed by atoms with E-state index in [1.54, 1.807) is 12.1 Å². The van der Waals surface area contributed by atoms with Crippen molar-refractivity contribution in [3.8, 4) is 5.69 Å². The standard InChI is InChI=1S/C18H22FN5O2/c1-2-3-17(25)23-8-6-13(7-9-23)18(26)22-14-4-5-16(15(19)10-14)24-12-20-11-21-24/h4-5,10-13H,2-3,6-9H2,1H3,(H,22,26). The second-order valence-electron chi connectivity index (χ2n) is 6.40. The maximum Gasteiger partial charge on any atom is 0.227 e. The minimum absolute atomic E-state index is 0.138. The van der Waals surface area contributed by atoms with Gasteiger partial charge >= 0.3 is 0 Å². The van der Waals surface area contributed by atoms with Crippen LogP contribution in [0.4, 0.5) is 10.1 Å². The van der Waals surface area contributed by atoms with Gasteiger partial charge in [-0.3, -0.25) is 9.59 Å². The molecule has 138 valence electrons. The molecule has 0 aliphatic carbocycles. The third-order valence-electron chi connectivity index (χ3n) is 4.56. The van der Waals surface area contributed by atoms with Crippen molar-refractivity contribution in [3.63, 3.8) is 0 Å². The third kappa shape index (κ3) is 4.07. The van der Waals surface area contributed by atoms with Gasteiger partial charge in [-0.05, 0) is 37.5 Å². The van der Waals surface area contributed by atoms with Gasteiger partial charge in [-0.15, -0.1) is 0 Å². The zero-order chi connectivity index (χ0) is 18.5. The van der Waals surface area contributed by atoms with Crippen molar-refractivity contribution < 1.29 is 14.0 Å². The van der Waals surface area contributed by atoms with Crippen LogP contribution < -0.4 is 5.32 Å². The van der Waals surface area contributed by atoms with Crippen LogP contribution in [0.5, 0.6) is 0 Å². The van der Waals surface area contributed by atoms with E-state index in [0.717, 1.165) is 6.42 Å². The summed E-state index contributed by atoms with van der Waals surface area (Å²) in [6.07, 6.45) is 5.36. The lowest BCUT2D eigenvalue weighted by Crippen LogP contribution is -2.41. The van der Waals surface area contributed by atoms with E-state index in [0.29, 0.717) is 38.0 Å². The topological polar surface area (TPSA) is 80.1 Å². The van der Waals surface area contributed by atoms with Gasteiger partial charge in [0, 0.05) is 31.1 Å². The van der Waals surface area contributed by atoms with Crippen LogP contribution in [0.15, 0.2) is 30.9 Å². The van der Waals surface area contributed by atoms with E-state index in [4.69, 9.17) is 0 Å². The van der Waals surface area contributed by atoms with Crippen LogP contribution >= 0.6 is 0 Å². The van der Waals surface area contributed by atoms with Crippen molar-refractivity contribution in [2.24, 2.45) is 5.92 Å². The second-order valence-corrected chi connectivity index (χ2v) is 6.40. The number of carbonyl (C=O) groups is 2. The molecule has 1 saturated heterocycles. The summed E-state index contributed by atoms with van der Waals surface area (Å²) in [5, 5.41) is 6.66. The van der Waals surface area contributed by atoms with Crippen LogP contribution in [-0.4, -0.2) is 44.6 Å². The molecule has 3 rings (SSSR count). The minimum Gasteiger partial charge on any atom is -0.343 e. The highest BCUT2D eigenvalue weighted by molar-refractivity contribution is 5.92. The van der Waals surface area contributed by atoms with Gasteiger partial charge < -0.3 is 10.2 Å². The largest absolute Gasteiger partial charge is 0.343 e. The molecule has 1 aromatic carbocycles. The molecule has 2 heterocycles. The van der Waals surface area contributed by atoms with E-state index in [1.807, 2.05) is 11.8 Å². The van der Waals surface area contributed by atoms with E-state index in [1.165, 1.54) is 23.4 Å². The van der Waals surface area contributed by atoms with Gasteiger partial charge in [0.05, 0.1) is 0 Å². The molecule has 7 nitrogen and oxygen atoms in total. The Bertz CT molecular complexity index is 770. The number of anilines is 1. The summed E-state index contributed by atoms with van der Waals surface area (Å²) in [5.41, 5.74) is 0.670. The molecule has 2 aromatic rings. The number of halogens is 1. The molecule has 0 spiro atoms. The fourth-order valence-corrected chi connectivity index (χ4v) is 3.11. The van der Waals surface area contributed by atoms with E-state index in [2.05, 4.69) is 15.4 Å². The molecule has 0 atom stereocenters. The van der Waals surface area contributed by atoms with E-state index >= 15 is 0 Å². The van der Waals surface area contributed by atoms with Crippen molar-refractivity contribution in [2.75, 3.05) is 18.4 Å². The number of rotatable bonds is 5. The Morgan fingerprint density at radius 1 is 1.31 bits per heavy atom. The molecule has 1 N–H and O–H groups in total. The lowest BCUT2D eigenvalue weighted by molar-refractivity contribution is -0.134. The average Bonchev–Trinajstić information content (AvgIpc) is 3.16. The summed E-state index contributed by atoms with van der Waals surface area (Å²) in [6.45, 7) is 3.17. The van der Waals surface area contributed by atoms with Crippen molar-refractivity contribution >= 4 is 17.5 Å². The molecule has 8 heteroatoms. The number of piperidine rings is 1. The third-order valence-corrected chi connectivity index (χ3v) is 4.56. The lowest BCUT2D eigenvalue weighted by Gasteiger charge is -2.31. The first-order chi connectivity index (χ1) is 12.6. The molecular weight excluding hydrogens is 337 g/mol. The Hall–Kier alpha value is -2.77. The lowest BCUT2D eigenvalue weighted by atomic mass is 9.95. The first-order valence-electron chi connectivity index (χ1n) is 8.81. The van der Waals surface area contributed by atoms with Gasteiger partial charge in [-0.1, -0.05) is 6.92 Å². The molecule has 0 saturated carbocycles. The molecular formula is C18H22FN5O2. The number of nitrogens with one attached hydrogen (secondary N) is 1. The Morgan fingerprint density at radius 2 is 2.08 bits per heavy atom. The van der Waals surface area contributed by atoms with Gasteiger partial charge in [0.1, 0.15) is 18.3 Å². The maximum absolute atomic E-state index is 14.2. The zero-order valence-corrected chi connectivity index (χ0v) is 14.7. The van der Waals surface area contributed by atoms with Gasteiger partial charge in [-0.25, -0.2) is 14.1 Å². The molecule has 1 fully saturated rings. The molecule has 26 heavy (non-hydrogen) atoms. The number of aromatic nitrogens is 3. The Labute approximate surface area is 151 Å². The van der Waals surface area contributed by atoms with E-state index in [9.17, 15) is 14.0 Å². The monoisotopic (exact) mass is 359 g/mol. The Morgan fingerprint density at radius 3 is 2.69 bits per heavy atom. The predicted molar refractivity (Wildman–Crippen MR) is 94.2 cm³/mol. The van der Waals surface area contributed by atoms with E-state index < -0.39 is 5.82 Å². The van der Waals surface area contributed by atoms with Crippen LogP contribution in [-0.2, 0) is 9.59 Å². The second kappa shape index (κ2) is 8.07. The molecule has 1 aliphatic rings. The van der Waals surface area contributed by atoms with Gasteiger partial charge in [0.2, 0.25) is 11.8 Å². The maximum atomic E-state index is 14.2. The predicted octanol–water partition coefficient (Wildman–Crippen LogP) is 2.38. The van der Waals surface area contributed by atoms with Crippen molar-refractivity contribution in [1.29, 1.82) is 0 Å². The summed E-state index contributed by atoms with van der Waals surface area (Å²) in [5.74, 6) is -0.648. The van der Waals surface area contributed by atoms with Crippen molar-refractivity contribution in [2.45, 2.75) is 32.6 Å². The summed E-state index contributed by atoms with van der Waals surface area (Å²) in [4.78, 5) is 29.9. The molecule has 1 aliphatic heterocycles.